The number of fused-ring (bicyclic) bond motifs is 1. The lowest BCUT2D eigenvalue weighted by molar-refractivity contribution is -0.140. The molecule has 3 aromatic rings. The fourth-order valence-electron chi connectivity index (χ4n) is 2.73. The number of aryl methyl sites for hydroxylation is 1. The first-order valence-electron chi connectivity index (χ1n) is 8.14. The Hall–Kier alpha value is -2.73. The molecule has 134 valence electrons. The van der Waals surface area contributed by atoms with Crippen molar-refractivity contribution in [2.75, 3.05) is 14.2 Å². The van der Waals surface area contributed by atoms with Crippen LogP contribution in [0.3, 0.4) is 0 Å². The van der Waals surface area contributed by atoms with Crippen molar-refractivity contribution in [2.45, 2.75) is 17.7 Å². The lowest BCUT2D eigenvalue weighted by Crippen LogP contribution is -2.03. The van der Waals surface area contributed by atoms with E-state index >= 15 is 0 Å². The fraction of sp³-hybridized carbons (Fsp3) is 0.200. The van der Waals surface area contributed by atoms with E-state index in [0.29, 0.717) is 12.2 Å². The summed E-state index contributed by atoms with van der Waals surface area (Å²) in [4.78, 5) is 25.2. The van der Waals surface area contributed by atoms with E-state index in [1.165, 1.54) is 7.11 Å². The van der Waals surface area contributed by atoms with Gasteiger partial charge in [-0.05, 0) is 54.1 Å². The SMILES string of the molecule is COC(=O)CCc1cn(C(=O)Sc2ccccc2)c2ccc(OC)cc12. The van der Waals surface area contributed by atoms with Gasteiger partial charge in [0.1, 0.15) is 5.75 Å². The zero-order valence-electron chi connectivity index (χ0n) is 14.6. The van der Waals surface area contributed by atoms with Crippen LogP contribution in [0.5, 0.6) is 5.75 Å². The summed E-state index contributed by atoms with van der Waals surface area (Å²) < 4.78 is 11.6. The van der Waals surface area contributed by atoms with Crippen LogP contribution in [0, 0.1) is 0 Å². The van der Waals surface area contributed by atoms with Crippen LogP contribution in [-0.2, 0) is 16.0 Å². The molecule has 0 unspecified atom stereocenters. The van der Waals surface area contributed by atoms with Gasteiger partial charge < -0.3 is 9.47 Å². The highest BCUT2D eigenvalue weighted by atomic mass is 32.2. The standard InChI is InChI=1S/C20H19NO4S/c1-24-15-9-10-18-17(12-15)14(8-11-19(22)25-2)13-21(18)20(23)26-16-6-4-3-5-7-16/h3-7,9-10,12-13H,8,11H2,1-2H3. The first kappa shape index (κ1) is 18.1. The van der Waals surface area contributed by atoms with Gasteiger partial charge in [-0.3, -0.25) is 14.2 Å². The van der Waals surface area contributed by atoms with Gasteiger partial charge in [0.2, 0.25) is 0 Å². The first-order chi connectivity index (χ1) is 12.6. The van der Waals surface area contributed by atoms with Crippen molar-refractivity contribution < 1.29 is 19.1 Å². The number of ether oxygens (including phenoxy) is 2. The molecule has 6 heteroatoms. The van der Waals surface area contributed by atoms with E-state index in [1.54, 1.807) is 17.9 Å². The third-order valence-corrected chi connectivity index (χ3v) is 4.94. The summed E-state index contributed by atoms with van der Waals surface area (Å²) in [5.74, 6) is 0.427. The van der Waals surface area contributed by atoms with Crippen molar-refractivity contribution in [1.82, 2.24) is 4.57 Å². The number of thioether (sulfide) groups is 1. The largest absolute Gasteiger partial charge is 0.497 e. The molecule has 0 saturated heterocycles. The molecule has 0 radical (unpaired) electrons. The minimum Gasteiger partial charge on any atom is -0.497 e. The molecule has 0 fully saturated rings. The number of nitrogens with zero attached hydrogens (tertiary/aromatic N) is 1. The predicted molar refractivity (Wildman–Crippen MR) is 102 cm³/mol. The third-order valence-electron chi connectivity index (χ3n) is 4.07. The van der Waals surface area contributed by atoms with Crippen LogP contribution < -0.4 is 4.74 Å². The van der Waals surface area contributed by atoms with Crippen molar-refractivity contribution in [1.29, 1.82) is 0 Å². The molecule has 0 aliphatic heterocycles. The van der Waals surface area contributed by atoms with Crippen LogP contribution in [0.2, 0.25) is 0 Å². The van der Waals surface area contributed by atoms with Crippen LogP contribution in [0.4, 0.5) is 4.79 Å². The van der Waals surface area contributed by atoms with E-state index in [0.717, 1.165) is 33.1 Å². The molecule has 0 amide bonds. The number of carbonyl (C=O) groups excluding carboxylic acids is 2. The van der Waals surface area contributed by atoms with Gasteiger partial charge in [-0.1, -0.05) is 18.2 Å². The van der Waals surface area contributed by atoms with E-state index < -0.39 is 0 Å². The maximum Gasteiger partial charge on any atom is 0.305 e. The van der Waals surface area contributed by atoms with Crippen LogP contribution in [-0.4, -0.2) is 30.0 Å². The number of hydrogen-bond acceptors (Lipinski definition) is 5. The molecule has 0 spiro atoms. The number of hydrogen-bond donors (Lipinski definition) is 0. The van der Waals surface area contributed by atoms with Crippen molar-refractivity contribution in [3.05, 3.63) is 60.3 Å². The molecule has 0 aliphatic carbocycles. The summed E-state index contributed by atoms with van der Waals surface area (Å²) in [6.07, 6.45) is 2.55. The second-order valence-electron chi connectivity index (χ2n) is 5.66. The Morgan fingerprint density at radius 1 is 1.08 bits per heavy atom. The molecule has 26 heavy (non-hydrogen) atoms. The Bertz CT molecular complexity index is 934. The topological polar surface area (TPSA) is 57.5 Å². The zero-order chi connectivity index (χ0) is 18.5. The van der Waals surface area contributed by atoms with Gasteiger partial charge in [-0.15, -0.1) is 0 Å². The van der Waals surface area contributed by atoms with Crippen molar-refractivity contribution >= 4 is 33.9 Å². The number of carbonyl (C=O) groups is 2. The van der Waals surface area contributed by atoms with Crippen LogP contribution in [0.15, 0.2) is 59.6 Å². The van der Waals surface area contributed by atoms with Gasteiger partial charge >= 0.3 is 5.97 Å². The quantitative estimate of drug-likeness (QED) is 0.489. The van der Waals surface area contributed by atoms with Crippen LogP contribution in [0.25, 0.3) is 10.9 Å². The second-order valence-corrected chi connectivity index (χ2v) is 6.69. The molecular weight excluding hydrogens is 350 g/mol. The highest BCUT2D eigenvalue weighted by Gasteiger charge is 2.16. The Morgan fingerprint density at radius 2 is 1.85 bits per heavy atom. The molecule has 3 rings (SSSR count). The number of rotatable bonds is 5. The van der Waals surface area contributed by atoms with Gasteiger partial charge in [0.15, 0.2) is 0 Å². The average Bonchev–Trinajstić information content (AvgIpc) is 3.04. The predicted octanol–water partition coefficient (Wildman–Crippen LogP) is 4.52. The maximum absolute atomic E-state index is 12.8. The molecule has 1 aromatic heterocycles. The summed E-state index contributed by atoms with van der Waals surface area (Å²) in [5, 5.41) is 0.797. The minimum atomic E-state index is -0.279. The summed E-state index contributed by atoms with van der Waals surface area (Å²) in [6.45, 7) is 0. The monoisotopic (exact) mass is 369 g/mol. The third kappa shape index (κ3) is 3.91. The second kappa shape index (κ2) is 8.10. The highest BCUT2D eigenvalue weighted by molar-refractivity contribution is 8.13. The van der Waals surface area contributed by atoms with E-state index in [9.17, 15) is 9.59 Å². The molecule has 0 atom stereocenters. The van der Waals surface area contributed by atoms with E-state index in [1.807, 2.05) is 48.5 Å². The van der Waals surface area contributed by atoms with Crippen LogP contribution >= 0.6 is 11.8 Å². The van der Waals surface area contributed by atoms with Crippen molar-refractivity contribution in [2.24, 2.45) is 0 Å². The molecule has 1 heterocycles. The maximum atomic E-state index is 12.8. The van der Waals surface area contributed by atoms with Gasteiger partial charge in [0.25, 0.3) is 5.24 Å². The Kier molecular flexibility index (Phi) is 5.63. The smallest absolute Gasteiger partial charge is 0.305 e. The number of aromatic nitrogens is 1. The number of benzene rings is 2. The summed E-state index contributed by atoms with van der Waals surface area (Å²) >= 11 is 1.16. The molecule has 2 aromatic carbocycles. The fourth-order valence-corrected chi connectivity index (χ4v) is 3.48. The summed E-state index contributed by atoms with van der Waals surface area (Å²) in [5.41, 5.74) is 1.70. The molecule has 0 N–H and O–H groups in total. The van der Waals surface area contributed by atoms with E-state index in [2.05, 4.69) is 0 Å². The Labute approximate surface area is 155 Å². The minimum absolute atomic E-state index is 0.101. The van der Waals surface area contributed by atoms with Gasteiger partial charge in [0.05, 0.1) is 19.7 Å². The summed E-state index contributed by atoms with van der Waals surface area (Å²) in [7, 11) is 2.97. The molecule has 0 aliphatic rings. The lowest BCUT2D eigenvalue weighted by atomic mass is 10.1. The molecule has 5 nitrogen and oxygen atoms in total. The van der Waals surface area contributed by atoms with Crippen molar-refractivity contribution in [3.63, 3.8) is 0 Å². The molecular formula is C20H19NO4S. The number of esters is 1. The Morgan fingerprint density at radius 3 is 2.54 bits per heavy atom. The normalized spacial score (nSPS) is 10.7. The lowest BCUT2D eigenvalue weighted by Gasteiger charge is -2.04. The van der Waals surface area contributed by atoms with E-state index in [4.69, 9.17) is 9.47 Å². The Balaban J connectivity index is 1.96. The van der Waals surface area contributed by atoms with Gasteiger partial charge in [-0.2, -0.15) is 0 Å². The zero-order valence-corrected chi connectivity index (χ0v) is 15.4. The molecule has 0 bridgehead atoms. The van der Waals surface area contributed by atoms with Crippen molar-refractivity contribution in [3.8, 4) is 5.75 Å². The molecule has 0 saturated carbocycles. The number of methoxy groups -OCH3 is 2. The summed E-state index contributed by atoms with van der Waals surface area (Å²) in [6, 6.07) is 15.1. The average molecular weight is 369 g/mol. The van der Waals surface area contributed by atoms with Gasteiger partial charge in [0, 0.05) is 22.9 Å². The highest BCUT2D eigenvalue weighted by Crippen LogP contribution is 2.30. The van der Waals surface area contributed by atoms with E-state index in [-0.39, 0.29) is 17.6 Å². The first-order valence-corrected chi connectivity index (χ1v) is 8.96. The van der Waals surface area contributed by atoms with Crippen LogP contribution in [0.1, 0.15) is 12.0 Å². The van der Waals surface area contributed by atoms with Gasteiger partial charge in [-0.25, -0.2) is 0 Å².